The van der Waals surface area contributed by atoms with Gasteiger partial charge in [0.15, 0.2) is 0 Å². The quantitative estimate of drug-likeness (QED) is 0.701. The molecule has 2 N–H and O–H groups in total. The summed E-state index contributed by atoms with van der Waals surface area (Å²) in [6.45, 7) is 7.31. The molecule has 21 heavy (non-hydrogen) atoms. The lowest BCUT2D eigenvalue weighted by Crippen LogP contribution is -2.33. The molecule has 1 aliphatic rings. The van der Waals surface area contributed by atoms with Gasteiger partial charge in [0.1, 0.15) is 5.60 Å². The first kappa shape index (κ1) is 17.8. The fourth-order valence-corrected chi connectivity index (χ4v) is 2.25. The van der Waals surface area contributed by atoms with Gasteiger partial charge in [0.05, 0.1) is 12.5 Å². The molecule has 6 nitrogen and oxygen atoms in total. The maximum atomic E-state index is 11.4. The predicted molar refractivity (Wildman–Crippen MR) is 79.9 cm³/mol. The van der Waals surface area contributed by atoms with Crippen molar-refractivity contribution in [3.05, 3.63) is 0 Å². The van der Waals surface area contributed by atoms with Crippen LogP contribution in [0, 0.1) is 0 Å². The molecule has 2 amide bonds. The number of unbranched alkanes of at least 4 members (excludes halogenated alkanes) is 3. The van der Waals surface area contributed by atoms with Crippen LogP contribution in [0.25, 0.3) is 0 Å². The van der Waals surface area contributed by atoms with Crippen LogP contribution in [0.1, 0.15) is 52.9 Å². The zero-order valence-corrected chi connectivity index (χ0v) is 13.4. The Balaban J connectivity index is 1.96. The van der Waals surface area contributed by atoms with Gasteiger partial charge >= 0.3 is 6.09 Å². The molecule has 0 aromatic rings. The molecule has 0 saturated carbocycles. The molecule has 0 aliphatic carbocycles. The summed E-state index contributed by atoms with van der Waals surface area (Å²) in [6, 6.07) is 0. The van der Waals surface area contributed by atoms with E-state index in [0.29, 0.717) is 13.1 Å². The zero-order valence-electron chi connectivity index (χ0n) is 13.4. The van der Waals surface area contributed by atoms with Crippen molar-refractivity contribution in [2.24, 2.45) is 0 Å². The smallest absolute Gasteiger partial charge is 0.407 e. The second-order valence-corrected chi connectivity index (χ2v) is 6.54. The van der Waals surface area contributed by atoms with Gasteiger partial charge in [0.2, 0.25) is 5.91 Å². The molecule has 0 aromatic heterocycles. The van der Waals surface area contributed by atoms with Crippen LogP contribution in [0.5, 0.6) is 0 Å². The number of rotatable bonds is 7. The number of carbonyl (C=O) groups excluding carboxylic acids is 2. The van der Waals surface area contributed by atoms with E-state index in [1.165, 1.54) is 0 Å². The molecule has 1 heterocycles. The third kappa shape index (κ3) is 7.90. The van der Waals surface area contributed by atoms with Gasteiger partial charge in [-0.1, -0.05) is 12.8 Å². The third-order valence-electron chi connectivity index (χ3n) is 3.22. The minimum Gasteiger partial charge on any atom is -0.444 e. The average molecular weight is 300 g/mol. The first-order valence-corrected chi connectivity index (χ1v) is 7.70. The van der Waals surface area contributed by atoms with E-state index >= 15 is 0 Å². The number of nitrogens with one attached hydrogen (secondary N) is 1. The summed E-state index contributed by atoms with van der Waals surface area (Å²) >= 11 is 0. The lowest BCUT2D eigenvalue weighted by molar-refractivity contribution is -0.127. The lowest BCUT2D eigenvalue weighted by Gasteiger charge is -2.19. The van der Waals surface area contributed by atoms with Crippen molar-refractivity contribution < 1.29 is 19.4 Å². The largest absolute Gasteiger partial charge is 0.444 e. The fraction of sp³-hybridized carbons (Fsp3) is 0.867. The van der Waals surface area contributed by atoms with Crippen LogP contribution in [0.4, 0.5) is 4.79 Å². The molecule has 1 unspecified atom stereocenters. The molecule has 1 atom stereocenters. The third-order valence-corrected chi connectivity index (χ3v) is 3.22. The Morgan fingerprint density at radius 2 is 2.00 bits per heavy atom. The first-order chi connectivity index (χ1) is 9.78. The number of β-amino-alcohol motifs (C(OH)–C–C–N with tert-alkyl or cyclic N) is 1. The summed E-state index contributed by atoms with van der Waals surface area (Å²) < 4.78 is 5.14. The average Bonchev–Trinajstić information content (AvgIpc) is 2.64. The maximum absolute atomic E-state index is 11.4. The first-order valence-electron chi connectivity index (χ1n) is 7.70. The number of hydrogen-bond acceptors (Lipinski definition) is 4. The number of hydrogen-bond donors (Lipinski definition) is 2. The Hall–Kier alpha value is -1.30. The molecule has 0 spiro atoms. The summed E-state index contributed by atoms with van der Waals surface area (Å²) in [5.41, 5.74) is -0.461. The van der Waals surface area contributed by atoms with E-state index in [1.54, 1.807) is 4.90 Å². The van der Waals surface area contributed by atoms with E-state index in [9.17, 15) is 14.7 Å². The van der Waals surface area contributed by atoms with E-state index in [1.807, 2.05) is 20.8 Å². The van der Waals surface area contributed by atoms with E-state index in [-0.39, 0.29) is 18.4 Å². The van der Waals surface area contributed by atoms with Crippen molar-refractivity contribution in [3.63, 3.8) is 0 Å². The molecule has 0 aromatic carbocycles. The van der Waals surface area contributed by atoms with Crippen molar-refractivity contribution in [2.45, 2.75) is 64.6 Å². The normalized spacial score (nSPS) is 19.0. The highest BCUT2D eigenvalue weighted by Gasteiger charge is 2.26. The molecule has 1 aliphatic heterocycles. The van der Waals surface area contributed by atoms with Crippen LogP contribution in [0.3, 0.4) is 0 Å². The minimum absolute atomic E-state index is 0.0501. The minimum atomic E-state index is -0.490. The molecule has 1 fully saturated rings. The summed E-state index contributed by atoms with van der Waals surface area (Å²) in [5.74, 6) is 0.0501. The number of nitrogens with zero attached hydrogens (tertiary/aromatic N) is 1. The van der Waals surface area contributed by atoms with Crippen LogP contribution in [0.2, 0.25) is 0 Å². The monoisotopic (exact) mass is 300 g/mol. The van der Waals surface area contributed by atoms with Crippen molar-refractivity contribution in [2.75, 3.05) is 19.6 Å². The topological polar surface area (TPSA) is 78.9 Å². The summed E-state index contributed by atoms with van der Waals surface area (Å²) in [5, 5.41) is 12.1. The van der Waals surface area contributed by atoms with Crippen LogP contribution >= 0.6 is 0 Å². The van der Waals surface area contributed by atoms with E-state index in [0.717, 1.165) is 32.2 Å². The standard InChI is InChI=1S/C15H28N2O4/c1-15(2,3)21-14(20)16-8-6-4-5-7-9-17-11-12(18)10-13(17)19/h12,18H,4-11H2,1-3H3,(H,16,20). The molecule has 6 heteroatoms. The van der Waals surface area contributed by atoms with Gasteiger partial charge in [0.25, 0.3) is 0 Å². The van der Waals surface area contributed by atoms with E-state index < -0.39 is 11.7 Å². The van der Waals surface area contributed by atoms with Crippen molar-refractivity contribution in [3.8, 4) is 0 Å². The van der Waals surface area contributed by atoms with Crippen molar-refractivity contribution in [1.29, 1.82) is 0 Å². The summed E-state index contributed by atoms with van der Waals surface area (Å²) in [7, 11) is 0. The summed E-state index contributed by atoms with van der Waals surface area (Å²) in [4.78, 5) is 24.6. The molecule has 1 rings (SSSR count). The molecular weight excluding hydrogens is 272 g/mol. The van der Waals surface area contributed by atoms with E-state index in [4.69, 9.17) is 4.74 Å². The van der Waals surface area contributed by atoms with Crippen LogP contribution in [-0.2, 0) is 9.53 Å². The highest BCUT2D eigenvalue weighted by atomic mass is 16.6. The van der Waals surface area contributed by atoms with Crippen LogP contribution < -0.4 is 5.32 Å². The number of ether oxygens (including phenoxy) is 1. The van der Waals surface area contributed by atoms with Gasteiger partial charge in [-0.25, -0.2) is 4.79 Å². The lowest BCUT2D eigenvalue weighted by atomic mass is 10.2. The number of amides is 2. The van der Waals surface area contributed by atoms with E-state index in [2.05, 4.69) is 5.32 Å². The van der Waals surface area contributed by atoms with Gasteiger partial charge in [-0.15, -0.1) is 0 Å². The molecule has 1 saturated heterocycles. The number of aliphatic hydroxyl groups is 1. The second kappa shape index (κ2) is 8.22. The van der Waals surface area contributed by atoms with Crippen molar-refractivity contribution in [1.82, 2.24) is 10.2 Å². The molecule has 0 radical (unpaired) electrons. The highest BCUT2D eigenvalue weighted by Crippen LogP contribution is 2.12. The Morgan fingerprint density at radius 1 is 1.33 bits per heavy atom. The Morgan fingerprint density at radius 3 is 2.57 bits per heavy atom. The predicted octanol–water partition coefficient (Wildman–Crippen LogP) is 1.66. The Bertz CT molecular complexity index is 352. The highest BCUT2D eigenvalue weighted by molar-refractivity contribution is 5.78. The SMILES string of the molecule is CC(C)(C)OC(=O)NCCCCCCN1CC(O)CC1=O. The van der Waals surface area contributed by atoms with Gasteiger partial charge in [0, 0.05) is 19.6 Å². The Kier molecular flexibility index (Phi) is 6.95. The molecule has 0 bridgehead atoms. The van der Waals surface area contributed by atoms with Gasteiger partial charge in [-0.2, -0.15) is 0 Å². The molecule has 122 valence electrons. The number of carbonyl (C=O) groups is 2. The second-order valence-electron chi connectivity index (χ2n) is 6.54. The number of alkyl carbamates (subject to hydrolysis) is 1. The fourth-order valence-electron chi connectivity index (χ4n) is 2.25. The van der Waals surface area contributed by atoms with Gasteiger partial charge in [-0.05, 0) is 33.6 Å². The maximum Gasteiger partial charge on any atom is 0.407 e. The zero-order chi connectivity index (χ0) is 15.9. The molecular formula is C15H28N2O4. The van der Waals surface area contributed by atoms with Crippen LogP contribution in [-0.4, -0.2) is 53.3 Å². The summed E-state index contributed by atoms with van der Waals surface area (Å²) in [6.07, 6.45) is 3.24. The van der Waals surface area contributed by atoms with Crippen molar-refractivity contribution >= 4 is 12.0 Å². The van der Waals surface area contributed by atoms with Gasteiger partial charge in [-0.3, -0.25) is 4.79 Å². The Labute approximate surface area is 126 Å². The number of aliphatic hydroxyl groups excluding tert-OH is 1. The van der Waals surface area contributed by atoms with Gasteiger partial charge < -0.3 is 20.1 Å². The number of likely N-dealkylation sites (tertiary alicyclic amines) is 1. The van der Waals surface area contributed by atoms with Crippen LogP contribution in [0.15, 0.2) is 0 Å².